The van der Waals surface area contributed by atoms with Gasteiger partial charge in [0.1, 0.15) is 24.4 Å². The molecule has 1 aliphatic rings. The molecular weight excluding hydrogens is 164 g/mol. The SMILES string of the molecule is C[C@@H]1OC(CO)[C@@H](O)[C@H](O)[C@H]1O. The van der Waals surface area contributed by atoms with Crippen molar-refractivity contribution in [2.24, 2.45) is 0 Å². The molecule has 1 saturated heterocycles. The lowest BCUT2D eigenvalue weighted by molar-refractivity contribution is -0.224. The Morgan fingerprint density at radius 1 is 1.08 bits per heavy atom. The van der Waals surface area contributed by atoms with Crippen LogP contribution in [0.4, 0.5) is 0 Å². The largest absolute Gasteiger partial charge is 0.394 e. The molecule has 4 N–H and O–H groups in total. The van der Waals surface area contributed by atoms with Gasteiger partial charge in [0, 0.05) is 0 Å². The first-order chi connectivity index (χ1) is 5.57. The van der Waals surface area contributed by atoms with E-state index >= 15 is 0 Å². The summed E-state index contributed by atoms with van der Waals surface area (Å²) in [5, 5.41) is 36.4. The van der Waals surface area contributed by atoms with Gasteiger partial charge in [-0.2, -0.15) is 0 Å². The summed E-state index contributed by atoms with van der Waals surface area (Å²) >= 11 is 0. The van der Waals surface area contributed by atoms with Gasteiger partial charge in [-0.3, -0.25) is 0 Å². The fraction of sp³-hybridized carbons (Fsp3) is 1.00. The van der Waals surface area contributed by atoms with Gasteiger partial charge in [0.25, 0.3) is 0 Å². The van der Waals surface area contributed by atoms with Crippen molar-refractivity contribution in [3.8, 4) is 0 Å². The monoisotopic (exact) mass is 178 g/mol. The van der Waals surface area contributed by atoms with Crippen LogP contribution in [0.25, 0.3) is 0 Å². The summed E-state index contributed by atoms with van der Waals surface area (Å²) in [7, 11) is 0. The van der Waals surface area contributed by atoms with Gasteiger partial charge in [-0.25, -0.2) is 0 Å². The fourth-order valence-corrected chi connectivity index (χ4v) is 1.29. The average Bonchev–Trinajstić information content (AvgIpc) is 2.08. The fourth-order valence-electron chi connectivity index (χ4n) is 1.29. The van der Waals surface area contributed by atoms with Crippen LogP contribution < -0.4 is 0 Å². The van der Waals surface area contributed by atoms with E-state index in [2.05, 4.69) is 0 Å². The van der Waals surface area contributed by atoms with Crippen LogP contribution in [0.15, 0.2) is 0 Å². The van der Waals surface area contributed by atoms with Gasteiger partial charge in [0.2, 0.25) is 0 Å². The van der Waals surface area contributed by atoms with E-state index in [-0.39, 0.29) is 6.61 Å². The van der Waals surface area contributed by atoms with E-state index in [0.29, 0.717) is 0 Å². The van der Waals surface area contributed by atoms with Crippen LogP contribution in [0.2, 0.25) is 0 Å². The summed E-state index contributed by atoms with van der Waals surface area (Å²) in [5.41, 5.74) is 0. The molecule has 0 aromatic rings. The maximum Gasteiger partial charge on any atom is 0.111 e. The predicted octanol–water partition coefficient (Wildman–Crippen LogP) is -2.15. The third kappa shape index (κ3) is 1.60. The molecule has 1 fully saturated rings. The van der Waals surface area contributed by atoms with Crippen molar-refractivity contribution in [3.63, 3.8) is 0 Å². The molecule has 0 spiro atoms. The smallest absolute Gasteiger partial charge is 0.111 e. The number of ether oxygens (including phenoxy) is 1. The van der Waals surface area contributed by atoms with Gasteiger partial charge >= 0.3 is 0 Å². The maximum atomic E-state index is 9.23. The summed E-state index contributed by atoms with van der Waals surface area (Å²) in [6, 6.07) is 0. The minimum atomic E-state index is -1.24. The molecule has 1 heterocycles. The molecule has 0 amide bonds. The Morgan fingerprint density at radius 2 is 1.67 bits per heavy atom. The number of aliphatic hydroxyl groups excluding tert-OH is 4. The molecule has 5 heteroatoms. The van der Waals surface area contributed by atoms with E-state index in [1.807, 2.05) is 0 Å². The third-order valence-corrected chi connectivity index (χ3v) is 2.13. The molecule has 0 radical (unpaired) electrons. The Bertz CT molecular complexity index is 146. The van der Waals surface area contributed by atoms with Gasteiger partial charge in [-0.05, 0) is 6.92 Å². The van der Waals surface area contributed by atoms with Gasteiger partial charge in [-0.1, -0.05) is 0 Å². The lowest BCUT2D eigenvalue weighted by Crippen LogP contribution is -2.57. The van der Waals surface area contributed by atoms with Gasteiger partial charge in [0.15, 0.2) is 0 Å². The highest BCUT2D eigenvalue weighted by molar-refractivity contribution is 4.89. The molecule has 1 aliphatic heterocycles. The molecule has 0 aromatic heterocycles. The van der Waals surface area contributed by atoms with Crippen LogP contribution in [-0.2, 0) is 4.74 Å². The minimum Gasteiger partial charge on any atom is -0.394 e. The number of rotatable bonds is 1. The molecule has 1 unspecified atom stereocenters. The average molecular weight is 178 g/mol. The summed E-state index contributed by atoms with van der Waals surface area (Å²) in [6.07, 6.45) is -4.94. The number of hydrogen-bond acceptors (Lipinski definition) is 5. The highest BCUT2D eigenvalue weighted by atomic mass is 16.5. The van der Waals surface area contributed by atoms with Crippen molar-refractivity contribution in [3.05, 3.63) is 0 Å². The molecule has 72 valence electrons. The molecule has 5 atom stereocenters. The first kappa shape index (κ1) is 9.88. The summed E-state index contributed by atoms with van der Waals surface area (Å²) < 4.78 is 5.02. The van der Waals surface area contributed by atoms with E-state index in [9.17, 15) is 15.3 Å². The Kier molecular flexibility index (Phi) is 3.03. The predicted molar refractivity (Wildman–Crippen MR) is 39.4 cm³/mol. The zero-order valence-electron chi connectivity index (χ0n) is 6.79. The van der Waals surface area contributed by atoms with Crippen LogP contribution in [0.1, 0.15) is 6.92 Å². The van der Waals surface area contributed by atoms with Gasteiger partial charge in [-0.15, -0.1) is 0 Å². The number of aliphatic hydroxyl groups is 4. The van der Waals surface area contributed by atoms with E-state index in [0.717, 1.165) is 0 Å². The van der Waals surface area contributed by atoms with Crippen molar-refractivity contribution >= 4 is 0 Å². The highest BCUT2D eigenvalue weighted by Gasteiger charge is 2.41. The molecule has 0 aliphatic carbocycles. The topological polar surface area (TPSA) is 90.2 Å². The zero-order chi connectivity index (χ0) is 9.30. The Morgan fingerprint density at radius 3 is 2.17 bits per heavy atom. The van der Waals surface area contributed by atoms with Crippen LogP contribution in [0.5, 0.6) is 0 Å². The Hall–Kier alpha value is -0.200. The normalized spacial score (nSPS) is 49.2. The molecular formula is C7H14O5. The van der Waals surface area contributed by atoms with Gasteiger partial charge < -0.3 is 25.2 Å². The van der Waals surface area contributed by atoms with Gasteiger partial charge in [0.05, 0.1) is 12.7 Å². The second-order valence-corrected chi connectivity index (χ2v) is 3.03. The second kappa shape index (κ2) is 3.68. The van der Waals surface area contributed by atoms with Crippen molar-refractivity contribution in [2.45, 2.75) is 37.4 Å². The molecule has 0 saturated carbocycles. The number of hydrogen-bond donors (Lipinski definition) is 4. The van der Waals surface area contributed by atoms with E-state index < -0.39 is 30.5 Å². The minimum absolute atomic E-state index is 0.366. The van der Waals surface area contributed by atoms with E-state index in [1.54, 1.807) is 6.92 Å². The van der Waals surface area contributed by atoms with Crippen molar-refractivity contribution < 1.29 is 25.2 Å². The third-order valence-electron chi connectivity index (χ3n) is 2.13. The van der Waals surface area contributed by atoms with Crippen LogP contribution in [-0.4, -0.2) is 57.6 Å². The first-order valence-corrected chi connectivity index (χ1v) is 3.88. The lowest BCUT2D eigenvalue weighted by Gasteiger charge is -2.38. The quantitative estimate of drug-likeness (QED) is 0.367. The molecule has 0 bridgehead atoms. The summed E-state index contributed by atoms with van der Waals surface area (Å²) in [6.45, 7) is 1.21. The van der Waals surface area contributed by atoms with E-state index in [4.69, 9.17) is 9.84 Å². The maximum absolute atomic E-state index is 9.23. The van der Waals surface area contributed by atoms with Crippen LogP contribution in [0, 0.1) is 0 Å². The zero-order valence-corrected chi connectivity index (χ0v) is 6.79. The molecule has 1 rings (SSSR count). The van der Waals surface area contributed by atoms with Crippen molar-refractivity contribution in [1.82, 2.24) is 0 Å². The standard InChI is InChI=1S/C7H14O5/c1-3-5(9)7(11)6(10)4(2-8)12-3/h3-11H,2H2,1H3/t3-,4?,5-,6+,7+/m0/s1. The lowest BCUT2D eigenvalue weighted by atomic mass is 9.96. The Balaban J connectivity index is 2.63. The summed E-state index contributed by atoms with van der Waals surface area (Å²) in [5.74, 6) is 0. The second-order valence-electron chi connectivity index (χ2n) is 3.03. The highest BCUT2D eigenvalue weighted by Crippen LogP contribution is 2.20. The molecule has 12 heavy (non-hydrogen) atoms. The first-order valence-electron chi connectivity index (χ1n) is 3.88. The molecule has 5 nitrogen and oxygen atoms in total. The summed E-state index contributed by atoms with van der Waals surface area (Å²) in [4.78, 5) is 0. The van der Waals surface area contributed by atoms with E-state index in [1.165, 1.54) is 0 Å². The van der Waals surface area contributed by atoms with Crippen LogP contribution in [0.3, 0.4) is 0 Å². The van der Waals surface area contributed by atoms with Crippen molar-refractivity contribution in [2.75, 3.05) is 6.61 Å². The Labute approximate surface area is 70.2 Å². The van der Waals surface area contributed by atoms with Crippen molar-refractivity contribution in [1.29, 1.82) is 0 Å². The van der Waals surface area contributed by atoms with Crippen LogP contribution >= 0.6 is 0 Å². The molecule has 0 aromatic carbocycles.